The van der Waals surface area contributed by atoms with Crippen molar-refractivity contribution < 1.29 is 4.79 Å². The number of alkyl halides is 1. The van der Waals surface area contributed by atoms with E-state index in [9.17, 15) is 4.79 Å². The lowest BCUT2D eigenvalue weighted by atomic mass is 9.86. The molecule has 0 radical (unpaired) electrons. The number of carbonyl (C=O) groups excluding carboxylic acids is 1. The normalized spacial score (nSPS) is 23.1. The van der Waals surface area contributed by atoms with E-state index in [1.807, 2.05) is 18.2 Å². The van der Waals surface area contributed by atoms with Crippen LogP contribution in [-0.4, -0.2) is 17.3 Å². The van der Waals surface area contributed by atoms with Crippen molar-refractivity contribution in [1.29, 1.82) is 0 Å². The third-order valence-electron chi connectivity index (χ3n) is 3.60. The van der Waals surface area contributed by atoms with Gasteiger partial charge in [-0.3, -0.25) is 4.79 Å². The zero-order valence-corrected chi connectivity index (χ0v) is 15.2. The highest BCUT2D eigenvalue weighted by molar-refractivity contribution is 9.11. The van der Waals surface area contributed by atoms with Crippen molar-refractivity contribution >= 4 is 53.7 Å². The SMILES string of the molecule is O=C(NC1CCCCC1CBr)c1ccc(Br)cc1Br. The number of nitrogens with one attached hydrogen (secondary N) is 1. The van der Waals surface area contributed by atoms with Gasteiger partial charge in [-0.05, 0) is 52.9 Å². The van der Waals surface area contributed by atoms with Crippen molar-refractivity contribution in [3.63, 3.8) is 0 Å². The summed E-state index contributed by atoms with van der Waals surface area (Å²) in [5.41, 5.74) is 0.696. The van der Waals surface area contributed by atoms with Gasteiger partial charge < -0.3 is 5.32 Å². The molecule has 0 bridgehead atoms. The van der Waals surface area contributed by atoms with Gasteiger partial charge in [0.15, 0.2) is 0 Å². The molecule has 1 aromatic carbocycles. The standard InChI is InChI=1S/C14H16Br3NO/c15-8-9-3-1-2-4-13(9)18-14(19)11-6-5-10(16)7-12(11)17/h5-7,9,13H,1-4,8H2,(H,18,19). The van der Waals surface area contributed by atoms with Crippen molar-refractivity contribution in [3.05, 3.63) is 32.7 Å². The Balaban J connectivity index is 2.07. The molecule has 2 rings (SSSR count). The average molecular weight is 454 g/mol. The van der Waals surface area contributed by atoms with Crippen molar-refractivity contribution in [2.45, 2.75) is 31.7 Å². The van der Waals surface area contributed by atoms with Gasteiger partial charge in [-0.15, -0.1) is 0 Å². The first-order valence-electron chi connectivity index (χ1n) is 6.43. The van der Waals surface area contributed by atoms with Crippen LogP contribution in [0.4, 0.5) is 0 Å². The summed E-state index contributed by atoms with van der Waals surface area (Å²) in [6.45, 7) is 0. The van der Waals surface area contributed by atoms with Crippen molar-refractivity contribution in [1.82, 2.24) is 5.32 Å². The molecule has 0 saturated heterocycles. The van der Waals surface area contributed by atoms with Gasteiger partial charge in [-0.25, -0.2) is 0 Å². The highest BCUT2D eigenvalue weighted by Crippen LogP contribution is 2.27. The van der Waals surface area contributed by atoms with Crippen LogP contribution in [-0.2, 0) is 0 Å². The van der Waals surface area contributed by atoms with E-state index >= 15 is 0 Å². The largest absolute Gasteiger partial charge is 0.349 e. The minimum atomic E-state index is 0.0113. The Hall–Kier alpha value is 0.130. The maximum Gasteiger partial charge on any atom is 0.252 e. The lowest BCUT2D eigenvalue weighted by Gasteiger charge is -2.31. The summed E-state index contributed by atoms with van der Waals surface area (Å²) < 4.78 is 1.79. The van der Waals surface area contributed by atoms with E-state index in [4.69, 9.17) is 0 Å². The van der Waals surface area contributed by atoms with E-state index in [0.717, 1.165) is 20.7 Å². The summed E-state index contributed by atoms with van der Waals surface area (Å²) in [7, 11) is 0. The Morgan fingerprint density at radius 3 is 2.68 bits per heavy atom. The molecule has 1 aliphatic carbocycles. The first-order chi connectivity index (χ1) is 9.11. The first-order valence-corrected chi connectivity index (χ1v) is 9.14. The number of carbonyl (C=O) groups is 1. The second-order valence-electron chi connectivity index (χ2n) is 4.90. The first kappa shape index (κ1) is 15.5. The molecule has 0 aromatic heterocycles. The molecular formula is C14H16Br3NO. The molecule has 1 aliphatic rings. The van der Waals surface area contributed by atoms with Gasteiger partial charge in [0.2, 0.25) is 0 Å². The van der Waals surface area contributed by atoms with E-state index in [2.05, 4.69) is 53.1 Å². The summed E-state index contributed by atoms with van der Waals surface area (Å²) in [5, 5.41) is 4.14. The third kappa shape index (κ3) is 4.05. The van der Waals surface area contributed by atoms with Crippen molar-refractivity contribution in [3.8, 4) is 0 Å². The quantitative estimate of drug-likeness (QED) is 0.648. The monoisotopic (exact) mass is 451 g/mol. The summed E-state index contributed by atoms with van der Waals surface area (Å²) >= 11 is 10.4. The summed E-state index contributed by atoms with van der Waals surface area (Å²) in [6.07, 6.45) is 4.74. The predicted molar refractivity (Wildman–Crippen MR) is 88.8 cm³/mol. The second-order valence-corrected chi connectivity index (χ2v) is 7.32. The summed E-state index contributed by atoms with van der Waals surface area (Å²) in [5.74, 6) is 0.559. The van der Waals surface area contributed by atoms with Crippen LogP contribution in [0.3, 0.4) is 0 Å². The van der Waals surface area contributed by atoms with Crippen LogP contribution < -0.4 is 5.32 Å². The molecule has 104 valence electrons. The molecular weight excluding hydrogens is 438 g/mol. The van der Waals surface area contributed by atoms with Gasteiger partial charge in [-0.2, -0.15) is 0 Å². The van der Waals surface area contributed by atoms with E-state index in [1.165, 1.54) is 19.3 Å². The molecule has 19 heavy (non-hydrogen) atoms. The maximum atomic E-state index is 12.3. The van der Waals surface area contributed by atoms with E-state index < -0.39 is 0 Å². The number of hydrogen-bond donors (Lipinski definition) is 1. The van der Waals surface area contributed by atoms with E-state index in [0.29, 0.717) is 11.5 Å². The molecule has 1 fully saturated rings. The van der Waals surface area contributed by atoms with Gasteiger partial charge in [0, 0.05) is 20.3 Å². The Morgan fingerprint density at radius 2 is 2.00 bits per heavy atom. The van der Waals surface area contributed by atoms with Gasteiger partial charge in [0.1, 0.15) is 0 Å². The molecule has 1 aromatic rings. The number of rotatable bonds is 3. The molecule has 1 N–H and O–H groups in total. The number of amides is 1. The Kier molecular flexibility index (Phi) is 5.90. The second kappa shape index (κ2) is 7.23. The molecule has 0 heterocycles. The lowest BCUT2D eigenvalue weighted by Crippen LogP contribution is -2.42. The number of benzene rings is 1. The maximum absolute atomic E-state index is 12.3. The highest BCUT2D eigenvalue weighted by atomic mass is 79.9. The minimum absolute atomic E-state index is 0.0113. The zero-order chi connectivity index (χ0) is 13.8. The van der Waals surface area contributed by atoms with Gasteiger partial charge in [0.25, 0.3) is 5.91 Å². The fraction of sp³-hybridized carbons (Fsp3) is 0.500. The Labute approximate surface area is 139 Å². The van der Waals surface area contributed by atoms with Crippen LogP contribution in [0.1, 0.15) is 36.0 Å². The topological polar surface area (TPSA) is 29.1 Å². The Morgan fingerprint density at radius 1 is 1.26 bits per heavy atom. The smallest absolute Gasteiger partial charge is 0.252 e. The van der Waals surface area contributed by atoms with Crippen molar-refractivity contribution in [2.75, 3.05) is 5.33 Å². The molecule has 5 heteroatoms. The van der Waals surface area contributed by atoms with Crippen LogP contribution >= 0.6 is 47.8 Å². The van der Waals surface area contributed by atoms with E-state index in [-0.39, 0.29) is 11.9 Å². The molecule has 0 spiro atoms. The lowest BCUT2D eigenvalue weighted by molar-refractivity contribution is 0.0911. The van der Waals surface area contributed by atoms with Crippen LogP contribution in [0.2, 0.25) is 0 Å². The molecule has 2 unspecified atom stereocenters. The average Bonchev–Trinajstić information content (AvgIpc) is 2.39. The molecule has 1 saturated carbocycles. The Bertz CT molecular complexity index is 464. The van der Waals surface area contributed by atoms with Gasteiger partial charge in [-0.1, -0.05) is 44.7 Å². The van der Waals surface area contributed by atoms with Crippen LogP contribution in [0.15, 0.2) is 27.1 Å². The zero-order valence-electron chi connectivity index (χ0n) is 10.5. The molecule has 2 nitrogen and oxygen atoms in total. The van der Waals surface area contributed by atoms with E-state index in [1.54, 1.807) is 0 Å². The minimum Gasteiger partial charge on any atom is -0.349 e. The number of hydrogen-bond acceptors (Lipinski definition) is 1. The van der Waals surface area contributed by atoms with Crippen LogP contribution in [0, 0.1) is 5.92 Å². The molecule has 0 aliphatic heterocycles. The predicted octanol–water partition coefficient (Wildman–Crippen LogP) is 4.90. The fourth-order valence-corrected chi connectivity index (χ4v) is 4.50. The number of halogens is 3. The van der Waals surface area contributed by atoms with Crippen LogP contribution in [0.5, 0.6) is 0 Å². The summed E-state index contributed by atoms with van der Waals surface area (Å²) in [4.78, 5) is 12.3. The van der Waals surface area contributed by atoms with Crippen molar-refractivity contribution in [2.24, 2.45) is 5.92 Å². The third-order valence-corrected chi connectivity index (χ3v) is 5.58. The van der Waals surface area contributed by atoms with Gasteiger partial charge in [0.05, 0.1) is 5.56 Å². The summed E-state index contributed by atoms with van der Waals surface area (Å²) in [6, 6.07) is 5.92. The van der Waals surface area contributed by atoms with Crippen LogP contribution in [0.25, 0.3) is 0 Å². The molecule has 1 amide bonds. The molecule has 2 atom stereocenters. The highest BCUT2D eigenvalue weighted by Gasteiger charge is 2.26. The van der Waals surface area contributed by atoms with Gasteiger partial charge >= 0.3 is 0 Å². The fourth-order valence-electron chi connectivity index (χ4n) is 2.50.